The quantitative estimate of drug-likeness (QED) is 0.764. The molecule has 1 aliphatic rings. The number of nitrogens with zero attached hydrogens (tertiary/aromatic N) is 2. The highest BCUT2D eigenvalue weighted by Crippen LogP contribution is 2.25. The minimum atomic E-state index is -3.11. The van der Waals surface area contributed by atoms with Gasteiger partial charge in [0.2, 0.25) is 0 Å². The number of carbonyl (C=O) groups excluding carboxylic acids is 1. The van der Waals surface area contributed by atoms with Crippen LogP contribution in [0, 0.1) is 0 Å². The van der Waals surface area contributed by atoms with E-state index in [0.29, 0.717) is 23.6 Å². The second-order valence-electron chi connectivity index (χ2n) is 7.03. The Bertz CT molecular complexity index is 926. The van der Waals surface area contributed by atoms with Crippen molar-refractivity contribution in [2.45, 2.75) is 19.0 Å². The van der Waals surface area contributed by atoms with Gasteiger partial charge in [-0.1, -0.05) is 35.9 Å². The van der Waals surface area contributed by atoms with E-state index in [9.17, 15) is 13.2 Å². The molecule has 5 nitrogen and oxygen atoms in total. The number of carbonyl (C=O) groups is 1. The van der Waals surface area contributed by atoms with Gasteiger partial charge >= 0.3 is 0 Å². The van der Waals surface area contributed by atoms with E-state index in [2.05, 4.69) is 0 Å². The van der Waals surface area contributed by atoms with Crippen molar-refractivity contribution in [3.63, 3.8) is 0 Å². The molecule has 3 rings (SSSR count). The van der Waals surface area contributed by atoms with Crippen LogP contribution >= 0.6 is 11.6 Å². The van der Waals surface area contributed by atoms with Crippen LogP contribution in [0.2, 0.25) is 5.02 Å². The van der Waals surface area contributed by atoms with E-state index in [4.69, 9.17) is 11.6 Å². The van der Waals surface area contributed by atoms with Gasteiger partial charge < -0.3 is 9.80 Å². The Morgan fingerprint density at radius 2 is 1.78 bits per heavy atom. The molecule has 0 radical (unpaired) electrons. The summed E-state index contributed by atoms with van der Waals surface area (Å²) in [4.78, 5) is 16.8. The van der Waals surface area contributed by atoms with Crippen molar-refractivity contribution >= 4 is 33.0 Å². The van der Waals surface area contributed by atoms with Crippen LogP contribution in [0.1, 0.15) is 22.3 Å². The maximum Gasteiger partial charge on any atom is 0.255 e. The van der Waals surface area contributed by atoms with Gasteiger partial charge in [-0.05, 0) is 36.2 Å². The summed E-state index contributed by atoms with van der Waals surface area (Å²) in [5.41, 5.74) is 2.41. The average Bonchev–Trinajstić information content (AvgIpc) is 2.99. The highest BCUT2D eigenvalue weighted by molar-refractivity contribution is 7.91. The first-order valence-corrected chi connectivity index (χ1v) is 11.0. The molecule has 1 fully saturated rings. The van der Waals surface area contributed by atoms with Crippen molar-refractivity contribution in [1.82, 2.24) is 4.90 Å². The summed E-state index contributed by atoms with van der Waals surface area (Å²) < 4.78 is 23.9. The zero-order chi connectivity index (χ0) is 19.6. The third-order valence-corrected chi connectivity index (χ3v) is 6.90. The van der Waals surface area contributed by atoms with Crippen molar-refractivity contribution < 1.29 is 13.2 Å². The lowest BCUT2D eigenvalue weighted by atomic mass is 10.1. The SMILES string of the molecule is CN(C)c1ccc(CN(C(=O)c2ccccc2Cl)[C@H]2CCS(=O)(=O)C2)cc1. The maximum absolute atomic E-state index is 13.2. The van der Waals surface area contributed by atoms with Crippen molar-refractivity contribution in [3.05, 3.63) is 64.7 Å². The first-order chi connectivity index (χ1) is 12.8. The number of sulfone groups is 1. The minimum absolute atomic E-state index is 0.00102. The third kappa shape index (κ3) is 4.62. The second-order valence-corrected chi connectivity index (χ2v) is 9.67. The normalized spacial score (nSPS) is 18.3. The number of benzene rings is 2. The molecular weight excluding hydrogens is 384 g/mol. The van der Waals surface area contributed by atoms with E-state index >= 15 is 0 Å². The van der Waals surface area contributed by atoms with E-state index < -0.39 is 9.84 Å². The van der Waals surface area contributed by atoms with Crippen LogP contribution in [0.4, 0.5) is 5.69 Å². The number of hydrogen-bond acceptors (Lipinski definition) is 4. The molecular formula is C20H23ClN2O3S. The Morgan fingerprint density at radius 1 is 1.11 bits per heavy atom. The third-order valence-electron chi connectivity index (χ3n) is 4.82. The van der Waals surface area contributed by atoms with E-state index in [1.807, 2.05) is 43.3 Å². The Balaban J connectivity index is 1.90. The smallest absolute Gasteiger partial charge is 0.255 e. The van der Waals surface area contributed by atoms with Crippen LogP contribution in [0.3, 0.4) is 0 Å². The molecule has 1 amide bonds. The summed E-state index contributed by atoms with van der Waals surface area (Å²) in [5, 5.41) is 0.372. The molecule has 0 N–H and O–H groups in total. The summed E-state index contributed by atoms with van der Waals surface area (Å²) in [5.74, 6) is -0.123. The largest absolute Gasteiger partial charge is 0.378 e. The molecule has 0 spiro atoms. The number of anilines is 1. The average molecular weight is 407 g/mol. The highest BCUT2D eigenvalue weighted by Gasteiger charge is 2.35. The van der Waals surface area contributed by atoms with Crippen molar-refractivity contribution in [1.29, 1.82) is 0 Å². The Morgan fingerprint density at radius 3 is 2.33 bits per heavy atom. The Labute approximate surface area is 165 Å². The fraction of sp³-hybridized carbons (Fsp3) is 0.350. The van der Waals surface area contributed by atoms with Gasteiger partial charge in [0.1, 0.15) is 0 Å². The molecule has 0 saturated carbocycles. The summed E-state index contributed by atoms with van der Waals surface area (Å²) >= 11 is 6.21. The lowest BCUT2D eigenvalue weighted by molar-refractivity contribution is 0.0681. The van der Waals surface area contributed by atoms with Gasteiger partial charge in [-0.15, -0.1) is 0 Å². The number of halogens is 1. The van der Waals surface area contributed by atoms with E-state index in [1.54, 1.807) is 29.2 Å². The van der Waals surface area contributed by atoms with Gasteiger partial charge in [-0.3, -0.25) is 4.79 Å². The van der Waals surface area contributed by atoms with Crippen LogP contribution in [0.15, 0.2) is 48.5 Å². The molecule has 0 unspecified atom stereocenters. The molecule has 1 heterocycles. The zero-order valence-corrected chi connectivity index (χ0v) is 17.0. The number of amides is 1. The summed E-state index contributed by atoms with van der Waals surface area (Å²) in [6.45, 7) is 0.345. The molecule has 1 atom stereocenters. The zero-order valence-electron chi connectivity index (χ0n) is 15.4. The van der Waals surface area contributed by atoms with Crippen LogP contribution in [-0.4, -0.2) is 50.9 Å². The van der Waals surface area contributed by atoms with Gasteiger partial charge in [0.25, 0.3) is 5.91 Å². The van der Waals surface area contributed by atoms with Crippen LogP contribution in [0.25, 0.3) is 0 Å². The molecule has 144 valence electrons. The van der Waals surface area contributed by atoms with Crippen LogP contribution in [-0.2, 0) is 16.4 Å². The fourth-order valence-corrected chi connectivity index (χ4v) is 5.22. The van der Waals surface area contributed by atoms with E-state index in [-0.39, 0.29) is 23.5 Å². The second kappa shape index (κ2) is 7.90. The van der Waals surface area contributed by atoms with E-state index in [0.717, 1.165) is 11.3 Å². The standard InChI is InChI=1S/C20H23ClN2O3S/c1-22(2)16-9-7-15(8-10-16)13-23(17-11-12-27(25,26)14-17)20(24)18-5-3-4-6-19(18)21/h3-10,17H,11-14H2,1-2H3/t17-/m0/s1. The van der Waals surface area contributed by atoms with Gasteiger partial charge in [0.15, 0.2) is 9.84 Å². The minimum Gasteiger partial charge on any atom is -0.378 e. The molecule has 7 heteroatoms. The van der Waals surface area contributed by atoms with Gasteiger partial charge in [-0.25, -0.2) is 8.42 Å². The first-order valence-electron chi connectivity index (χ1n) is 8.79. The fourth-order valence-electron chi connectivity index (χ4n) is 3.27. The predicted octanol–water partition coefficient (Wildman–Crippen LogP) is 3.24. The van der Waals surface area contributed by atoms with E-state index in [1.165, 1.54) is 0 Å². The molecule has 0 aliphatic carbocycles. The van der Waals surface area contributed by atoms with Crippen LogP contribution in [0.5, 0.6) is 0 Å². The Kier molecular flexibility index (Phi) is 5.77. The summed E-state index contributed by atoms with van der Waals surface area (Å²) in [6, 6.07) is 14.4. The molecule has 2 aromatic carbocycles. The topological polar surface area (TPSA) is 57.7 Å². The molecule has 1 saturated heterocycles. The molecule has 1 aliphatic heterocycles. The van der Waals surface area contributed by atoms with Gasteiger partial charge in [0, 0.05) is 32.4 Å². The van der Waals surface area contributed by atoms with Crippen molar-refractivity contribution in [2.24, 2.45) is 0 Å². The van der Waals surface area contributed by atoms with Crippen molar-refractivity contribution in [2.75, 3.05) is 30.5 Å². The molecule has 0 aromatic heterocycles. The summed E-state index contributed by atoms with van der Waals surface area (Å²) in [7, 11) is 0.818. The van der Waals surface area contributed by atoms with Gasteiger partial charge in [0.05, 0.1) is 22.1 Å². The maximum atomic E-state index is 13.2. The lowest BCUT2D eigenvalue weighted by Gasteiger charge is -2.29. The van der Waals surface area contributed by atoms with Crippen molar-refractivity contribution in [3.8, 4) is 0 Å². The van der Waals surface area contributed by atoms with Crippen LogP contribution < -0.4 is 4.90 Å². The van der Waals surface area contributed by atoms with Gasteiger partial charge in [-0.2, -0.15) is 0 Å². The first kappa shape index (κ1) is 19.7. The highest BCUT2D eigenvalue weighted by atomic mass is 35.5. The number of hydrogen-bond donors (Lipinski definition) is 0. The Hall–Kier alpha value is -2.05. The predicted molar refractivity (Wildman–Crippen MR) is 109 cm³/mol. The lowest BCUT2D eigenvalue weighted by Crippen LogP contribution is -2.40. The summed E-state index contributed by atoms with van der Waals surface area (Å²) in [6.07, 6.45) is 0.453. The molecule has 27 heavy (non-hydrogen) atoms. The molecule has 0 bridgehead atoms. The number of rotatable bonds is 5. The monoisotopic (exact) mass is 406 g/mol. The molecule has 2 aromatic rings.